The fourth-order valence-corrected chi connectivity index (χ4v) is 1.85. The molecule has 0 radical (unpaired) electrons. The van der Waals surface area contributed by atoms with Crippen molar-refractivity contribution in [2.75, 3.05) is 19.1 Å². The molecule has 0 heterocycles. The van der Waals surface area contributed by atoms with Crippen molar-refractivity contribution in [2.24, 2.45) is 0 Å². The molecule has 0 saturated heterocycles. The summed E-state index contributed by atoms with van der Waals surface area (Å²) in [6.07, 6.45) is 0.446. The van der Waals surface area contributed by atoms with Crippen molar-refractivity contribution in [1.29, 1.82) is 0 Å². The normalized spacial score (nSPS) is 11.7. The van der Waals surface area contributed by atoms with Gasteiger partial charge < -0.3 is 14.7 Å². The molecule has 1 atom stereocenters. The molecule has 0 fully saturated rings. The standard InChI is InChI=1S/C13H17NO4/c1-4-10(12(15)16)14(2)11-8-6-5-7-9(11)13(17)18-3/h5-8,10H,4H2,1-3H3,(H,15,16). The molecule has 0 aliphatic rings. The largest absolute Gasteiger partial charge is 0.480 e. The highest BCUT2D eigenvalue weighted by atomic mass is 16.5. The summed E-state index contributed by atoms with van der Waals surface area (Å²) in [7, 11) is 2.96. The third-order valence-corrected chi connectivity index (χ3v) is 2.83. The zero-order valence-corrected chi connectivity index (χ0v) is 10.7. The maximum atomic E-state index is 11.6. The van der Waals surface area contributed by atoms with E-state index in [0.717, 1.165) is 0 Å². The van der Waals surface area contributed by atoms with Crippen molar-refractivity contribution in [3.05, 3.63) is 29.8 Å². The van der Waals surface area contributed by atoms with E-state index >= 15 is 0 Å². The van der Waals surface area contributed by atoms with Crippen LogP contribution in [0.2, 0.25) is 0 Å². The summed E-state index contributed by atoms with van der Waals surface area (Å²) in [5.74, 6) is -1.39. The first-order valence-corrected chi connectivity index (χ1v) is 5.65. The quantitative estimate of drug-likeness (QED) is 0.808. The second kappa shape index (κ2) is 6.05. The number of rotatable bonds is 5. The summed E-state index contributed by atoms with van der Waals surface area (Å²) in [4.78, 5) is 24.3. The minimum absolute atomic E-state index is 0.363. The lowest BCUT2D eigenvalue weighted by Crippen LogP contribution is -2.38. The summed E-state index contributed by atoms with van der Waals surface area (Å²) < 4.78 is 4.69. The Morgan fingerprint density at radius 2 is 2.00 bits per heavy atom. The van der Waals surface area contributed by atoms with Gasteiger partial charge in [-0.3, -0.25) is 0 Å². The molecule has 5 heteroatoms. The number of esters is 1. The van der Waals surface area contributed by atoms with Crippen LogP contribution in [0.15, 0.2) is 24.3 Å². The Bertz CT molecular complexity index is 444. The lowest BCUT2D eigenvalue weighted by Gasteiger charge is -2.27. The van der Waals surface area contributed by atoms with E-state index in [9.17, 15) is 9.59 Å². The fourth-order valence-electron chi connectivity index (χ4n) is 1.85. The van der Waals surface area contributed by atoms with Crippen LogP contribution in [0, 0.1) is 0 Å². The van der Waals surface area contributed by atoms with E-state index in [2.05, 4.69) is 4.74 Å². The first kappa shape index (κ1) is 14.0. The van der Waals surface area contributed by atoms with Crippen LogP contribution >= 0.6 is 0 Å². The molecule has 0 aliphatic carbocycles. The maximum Gasteiger partial charge on any atom is 0.339 e. The van der Waals surface area contributed by atoms with Gasteiger partial charge in [-0.1, -0.05) is 19.1 Å². The number of ether oxygens (including phenoxy) is 1. The van der Waals surface area contributed by atoms with Gasteiger partial charge in [0.2, 0.25) is 0 Å². The monoisotopic (exact) mass is 251 g/mol. The second-order valence-corrected chi connectivity index (χ2v) is 3.88. The van der Waals surface area contributed by atoms with E-state index in [1.807, 2.05) is 0 Å². The number of carboxylic acids is 1. The van der Waals surface area contributed by atoms with E-state index in [1.165, 1.54) is 7.11 Å². The number of likely N-dealkylation sites (N-methyl/N-ethyl adjacent to an activating group) is 1. The van der Waals surface area contributed by atoms with Crippen molar-refractivity contribution >= 4 is 17.6 Å². The minimum atomic E-state index is -0.917. The van der Waals surface area contributed by atoms with Gasteiger partial charge in [0.15, 0.2) is 0 Å². The Morgan fingerprint density at radius 1 is 1.39 bits per heavy atom. The molecule has 0 aliphatic heterocycles. The molecule has 0 bridgehead atoms. The zero-order valence-electron chi connectivity index (χ0n) is 10.7. The third kappa shape index (κ3) is 2.80. The average molecular weight is 251 g/mol. The summed E-state index contributed by atoms with van der Waals surface area (Å²) in [6.45, 7) is 1.79. The van der Waals surface area contributed by atoms with Crippen LogP contribution in [0.5, 0.6) is 0 Å². The van der Waals surface area contributed by atoms with Crippen LogP contribution in [0.3, 0.4) is 0 Å². The number of nitrogens with zero attached hydrogens (tertiary/aromatic N) is 1. The molecule has 5 nitrogen and oxygen atoms in total. The molecular weight excluding hydrogens is 234 g/mol. The van der Waals surface area contributed by atoms with Crippen LogP contribution in [-0.2, 0) is 9.53 Å². The fraction of sp³-hybridized carbons (Fsp3) is 0.385. The first-order valence-electron chi connectivity index (χ1n) is 5.65. The number of para-hydroxylation sites is 1. The minimum Gasteiger partial charge on any atom is -0.480 e. The molecule has 1 aromatic carbocycles. The van der Waals surface area contributed by atoms with Crippen LogP contribution < -0.4 is 4.90 Å². The molecule has 0 amide bonds. The van der Waals surface area contributed by atoms with Crippen LogP contribution in [-0.4, -0.2) is 37.2 Å². The van der Waals surface area contributed by atoms with Crippen LogP contribution in [0.25, 0.3) is 0 Å². The number of aliphatic carboxylic acids is 1. The Morgan fingerprint density at radius 3 is 2.50 bits per heavy atom. The van der Waals surface area contributed by atoms with Gasteiger partial charge in [0.25, 0.3) is 0 Å². The SMILES string of the molecule is CCC(C(=O)O)N(C)c1ccccc1C(=O)OC. The first-order chi connectivity index (χ1) is 8.52. The maximum absolute atomic E-state index is 11.6. The molecule has 1 aromatic rings. The average Bonchev–Trinajstić information content (AvgIpc) is 2.38. The van der Waals surface area contributed by atoms with Crippen molar-refractivity contribution in [2.45, 2.75) is 19.4 Å². The Labute approximate surface area is 106 Å². The van der Waals surface area contributed by atoms with Crippen molar-refractivity contribution in [1.82, 2.24) is 0 Å². The Kier molecular flexibility index (Phi) is 4.71. The number of carbonyl (C=O) groups is 2. The lowest BCUT2D eigenvalue weighted by atomic mass is 10.1. The number of hydrogen-bond donors (Lipinski definition) is 1. The van der Waals surface area contributed by atoms with Crippen LogP contribution in [0.4, 0.5) is 5.69 Å². The van der Waals surface area contributed by atoms with E-state index in [0.29, 0.717) is 17.7 Å². The Hall–Kier alpha value is -2.04. The third-order valence-electron chi connectivity index (χ3n) is 2.83. The van der Waals surface area contributed by atoms with Crippen molar-refractivity contribution < 1.29 is 19.4 Å². The number of benzene rings is 1. The van der Waals surface area contributed by atoms with Crippen molar-refractivity contribution in [3.63, 3.8) is 0 Å². The molecule has 0 saturated carbocycles. The second-order valence-electron chi connectivity index (χ2n) is 3.88. The number of anilines is 1. The van der Waals surface area contributed by atoms with Crippen LogP contribution in [0.1, 0.15) is 23.7 Å². The molecule has 1 N–H and O–H groups in total. The van der Waals surface area contributed by atoms with Gasteiger partial charge in [-0.05, 0) is 18.6 Å². The molecule has 1 rings (SSSR count). The molecule has 18 heavy (non-hydrogen) atoms. The Balaban J connectivity index is 3.16. The van der Waals surface area contributed by atoms with E-state index in [1.54, 1.807) is 43.1 Å². The van der Waals surface area contributed by atoms with Gasteiger partial charge in [-0.2, -0.15) is 0 Å². The summed E-state index contributed by atoms with van der Waals surface area (Å²) in [5, 5.41) is 9.13. The van der Waals surface area contributed by atoms with E-state index in [-0.39, 0.29) is 0 Å². The smallest absolute Gasteiger partial charge is 0.339 e. The highest BCUT2D eigenvalue weighted by Crippen LogP contribution is 2.22. The number of carboxylic acid groups (broad SMARTS) is 1. The number of hydrogen-bond acceptors (Lipinski definition) is 4. The summed E-state index contributed by atoms with van der Waals surface area (Å²) >= 11 is 0. The van der Waals surface area contributed by atoms with Gasteiger partial charge in [0, 0.05) is 7.05 Å². The van der Waals surface area contributed by atoms with Gasteiger partial charge in [-0.25, -0.2) is 9.59 Å². The highest BCUT2D eigenvalue weighted by Gasteiger charge is 2.24. The predicted octanol–water partition coefficient (Wildman–Crippen LogP) is 1.77. The molecular formula is C13H17NO4. The number of methoxy groups -OCH3 is 1. The molecule has 98 valence electrons. The van der Waals surface area contributed by atoms with E-state index in [4.69, 9.17) is 5.11 Å². The topological polar surface area (TPSA) is 66.8 Å². The van der Waals surface area contributed by atoms with Gasteiger partial charge in [0.05, 0.1) is 18.4 Å². The zero-order chi connectivity index (χ0) is 13.7. The lowest BCUT2D eigenvalue weighted by molar-refractivity contribution is -0.138. The molecule has 1 unspecified atom stereocenters. The van der Waals surface area contributed by atoms with Gasteiger partial charge in [0.1, 0.15) is 6.04 Å². The number of carbonyl (C=O) groups excluding carboxylic acids is 1. The highest BCUT2D eigenvalue weighted by molar-refractivity contribution is 5.96. The summed E-state index contributed by atoms with van der Waals surface area (Å²) in [5.41, 5.74) is 0.917. The predicted molar refractivity (Wildman–Crippen MR) is 67.9 cm³/mol. The van der Waals surface area contributed by atoms with Gasteiger partial charge >= 0.3 is 11.9 Å². The molecule has 0 spiro atoms. The van der Waals surface area contributed by atoms with E-state index < -0.39 is 18.0 Å². The summed E-state index contributed by atoms with van der Waals surface area (Å²) in [6, 6.07) is 6.12. The van der Waals surface area contributed by atoms with Gasteiger partial charge in [-0.15, -0.1) is 0 Å². The van der Waals surface area contributed by atoms with Crippen molar-refractivity contribution in [3.8, 4) is 0 Å². The molecule has 0 aromatic heterocycles.